The fourth-order valence-corrected chi connectivity index (χ4v) is 2.71. The molecule has 0 aliphatic carbocycles. The van der Waals surface area contributed by atoms with Crippen molar-refractivity contribution < 1.29 is 19.4 Å². The minimum atomic E-state index is -0.783. The van der Waals surface area contributed by atoms with Gasteiger partial charge in [-0.3, -0.25) is 9.59 Å². The second kappa shape index (κ2) is 6.18. The first-order valence-corrected chi connectivity index (χ1v) is 6.75. The van der Waals surface area contributed by atoms with Crippen molar-refractivity contribution in [2.45, 2.75) is 32.1 Å². The molecule has 0 aromatic carbocycles. The lowest BCUT2D eigenvalue weighted by molar-refractivity contribution is -0.141. The predicted octanol–water partition coefficient (Wildman–Crippen LogP) is 1.13. The Kier molecular flexibility index (Phi) is 4.58. The van der Waals surface area contributed by atoms with Gasteiger partial charge in [-0.25, -0.2) is 0 Å². The van der Waals surface area contributed by atoms with Crippen molar-refractivity contribution in [2.75, 3.05) is 26.3 Å². The number of likely N-dealkylation sites (tertiary alicyclic amines) is 1. The van der Waals surface area contributed by atoms with Crippen molar-refractivity contribution in [1.29, 1.82) is 0 Å². The number of hydrogen-bond acceptors (Lipinski definition) is 3. The lowest BCUT2D eigenvalue weighted by atomic mass is 9.95. The Morgan fingerprint density at radius 3 is 2.56 bits per heavy atom. The molecule has 2 fully saturated rings. The van der Waals surface area contributed by atoms with Crippen LogP contribution in [-0.4, -0.2) is 48.2 Å². The molecule has 1 atom stereocenters. The topological polar surface area (TPSA) is 66.8 Å². The van der Waals surface area contributed by atoms with Crippen LogP contribution in [0, 0.1) is 11.8 Å². The molecule has 2 aliphatic heterocycles. The summed E-state index contributed by atoms with van der Waals surface area (Å²) in [4.78, 5) is 24.5. The molecule has 2 heterocycles. The third kappa shape index (κ3) is 3.45. The Hall–Kier alpha value is -1.10. The van der Waals surface area contributed by atoms with Gasteiger partial charge in [0.05, 0.1) is 5.92 Å². The van der Waals surface area contributed by atoms with E-state index in [-0.39, 0.29) is 11.8 Å². The number of carbonyl (C=O) groups excluding carboxylic acids is 1. The molecule has 5 nitrogen and oxygen atoms in total. The summed E-state index contributed by atoms with van der Waals surface area (Å²) in [7, 11) is 0. The summed E-state index contributed by atoms with van der Waals surface area (Å²) < 4.78 is 5.29. The minimum absolute atomic E-state index is 0.116. The predicted molar refractivity (Wildman–Crippen MR) is 65.1 cm³/mol. The Labute approximate surface area is 107 Å². The monoisotopic (exact) mass is 255 g/mol. The summed E-state index contributed by atoms with van der Waals surface area (Å²) in [6.45, 7) is 2.61. The van der Waals surface area contributed by atoms with E-state index in [4.69, 9.17) is 9.84 Å². The fourth-order valence-electron chi connectivity index (χ4n) is 2.71. The maximum Gasteiger partial charge on any atom is 0.308 e. The largest absolute Gasteiger partial charge is 0.481 e. The molecule has 0 radical (unpaired) electrons. The van der Waals surface area contributed by atoms with Crippen LogP contribution in [0.2, 0.25) is 0 Å². The van der Waals surface area contributed by atoms with Gasteiger partial charge >= 0.3 is 5.97 Å². The molecule has 18 heavy (non-hydrogen) atoms. The standard InChI is InChI=1S/C13H21NO4/c15-12(2-1-10-4-7-18-8-5-10)14-6-3-11(9-14)13(16)17/h10-11H,1-9H2,(H,16,17)/t11-/m1/s1. The summed E-state index contributed by atoms with van der Waals surface area (Å²) in [5, 5.41) is 8.89. The summed E-state index contributed by atoms with van der Waals surface area (Å²) in [6, 6.07) is 0. The number of rotatable bonds is 4. The lowest BCUT2D eigenvalue weighted by Crippen LogP contribution is -2.30. The molecule has 0 unspecified atom stereocenters. The molecule has 2 aliphatic rings. The highest BCUT2D eigenvalue weighted by Crippen LogP contribution is 2.22. The van der Waals surface area contributed by atoms with Crippen molar-refractivity contribution >= 4 is 11.9 Å². The van der Waals surface area contributed by atoms with Crippen molar-refractivity contribution in [3.63, 3.8) is 0 Å². The molecular formula is C13H21NO4. The van der Waals surface area contributed by atoms with E-state index >= 15 is 0 Å². The van der Waals surface area contributed by atoms with Crippen LogP contribution in [-0.2, 0) is 14.3 Å². The van der Waals surface area contributed by atoms with Crippen LogP contribution < -0.4 is 0 Å². The van der Waals surface area contributed by atoms with Crippen LogP contribution in [0.5, 0.6) is 0 Å². The average Bonchev–Trinajstić information content (AvgIpc) is 2.87. The van der Waals surface area contributed by atoms with E-state index in [1.54, 1.807) is 4.90 Å². The summed E-state index contributed by atoms with van der Waals surface area (Å²) >= 11 is 0. The smallest absolute Gasteiger partial charge is 0.308 e. The Balaban J connectivity index is 1.70. The van der Waals surface area contributed by atoms with Gasteiger partial charge in [0.25, 0.3) is 0 Å². The van der Waals surface area contributed by atoms with E-state index in [9.17, 15) is 9.59 Å². The molecule has 2 saturated heterocycles. The van der Waals surface area contributed by atoms with Gasteiger partial charge in [-0.15, -0.1) is 0 Å². The first-order chi connectivity index (χ1) is 8.66. The molecule has 0 saturated carbocycles. The highest BCUT2D eigenvalue weighted by Gasteiger charge is 2.30. The van der Waals surface area contributed by atoms with Gasteiger partial charge in [0.1, 0.15) is 0 Å². The number of amides is 1. The fraction of sp³-hybridized carbons (Fsp3) is 0.846. The molecule has 0 aromatic heterocycles. The minimum Gasteiger partial charge on any atom is -0.481 e. The quantitative estimate of drug-likeness (QED) is 0.817. The molecule has 1 amide bonds. The van der Waals surface area contributed by atoms with E-state index in [2.05, 4.69) is 0 Å². The average molecular weight is 255 g/mol. The SMILES string of the molecule is O=C(O)[C@@H]1CCN(C(=O)CCC2CCOCC2)C1. The number of carboxylic acids is 1. The van der Waals surface area contributed by atoms with E-state index in [1.165, 1.54) is 0 Å². The van der Waals surface area contributed by atoms with Gasteiger partial charge in [0, 0.05) is 32.7 Å². The van der Waals surface area contributed by atoms with Crippen molar-refractivity contribution in [3.05, 3.63) is 0 Å². The summed E-state index contributed by atoms with van der Waals surface area (Å²) in [6.07, 6.45) is 4.15. The zero-order valence-corrected chi connectivity index (χ0v) is 10.6. The van der Waals surface area contributed by atoms with Crippen LogP contribution in [0.3, 0.4) is 0 Å². The molecule has 1 N–H and O–H groups in total. The van der Waals surface area contributed by atoms with E-state index in [1.807, 2.05) is 0 Å². The van der Waals surface area contributed by atoms with Crippen LogP contribution in [0.1, 0.15) is 32.1 Å². The third-order valence-corrected chi connectivity index (χ3v) is 4.00. The van der Waals surface area contributed by atoms with E-state index < -0.39 is 5.97 Å². The van der Waals surface area contributed by atoms with Crippen LogP contribution in [0.4, 0.5) is 0 Å². The highest BCUT2D eigenvalue weighted by atomic mass is 16.5. The number of aliphatic carboxylic acids is 1. The van der Waals surface area contributed by atoms with Crippen molar-refractivity contribution in [3.8, 4) is 0 Å². The molecule has 102 valence electrons. The first kappa shape index (κ1) is 13.3. The summed E-state index contributed by atoms with van der Waals surface area (Å²) in [5.41, 5.74) is 0. The van der Waals surface area contributed by atoms with Crippen molar-refractivity contribution in [1.82, 2.24) is 4.90 Å². The Morgan fingerprint density at radius 1 is 1.22 bits per heavy atom. The van der Waals surface area contributed by atoms with Crippen LogP contribution in [0.15, 0.2) is 0 Å². The lowest BCUT2D eigenvalue weighted by Gasteiger charge is -2.23. The van der Waals surface area contributed by atoms with Gasteiger partial charge < -0.3 is 14.7 Å². The number of carbonyl (C=O) groups is 2. The Morgan fingerprint density at radius 2 is 1.94 bits per heavy atom. The molecule has 5 heteroatoms. The van der Waals surface area contributed by atoms with Gasteiger partial charge in [-0.1, -0.05) is 0 Å². The zero-order valence-electron chi connectivity index (χ0n) is 10.6. The second-order valence-corrected chi connectivity index (χ2v) is 5.26. The maximum atomic E-state index is 12.0. The molecule has 2 rings (SSSR count). The Bertz CT molecular complexity index is 312. The number of hydrogen-bond donors (Lipinski definition) is 1. The van der Waals surface area contributed by atoms with E-state index in [0.717, 1.165) is 32.5 Å². The first-order valence-electron chi connectivity index (χ1n) is 6.75. The van der Waals surface area contributed by atoms with Gasteiger partial charge in [0.2, 0.25) is 5.91 Å². The molecule has 0 bridgehead atoms. The third-order valence-electron chi connectivity index (χ3n) is 4.00. The van der Waals surface area contributed by atoms with Gasteiger partial charge in [0.15, 0.2) is 0 Å². The molecule has 0 spiro atoms. The maximum absolute atomic E-state index is 12.0. The van der Waals surface area contributed by atoms with Crippen LogP contribution >= 0.6 is 0 Å². The van der Waals surface area contributed by atoms with Crippen LogP contribution in [0.25, 0.3) is 0 Å². The molecule has 0 aromatic rings. The van der Waals surface area contributed by atoms with Gasteiger partial charge in [-0.05, 0) is 31.6 Å². The summed E-state index contributed by atoms with van der Waals surface area (Å²) in [5.74, 6) is -0.433. The number of ether oxygens (including phenoxy) is 1. The van der Waals surface area contributed by atoms with Crippen molar-refractivity contribution in [2.24, 2.45) is 11.8 Å². The number of carboxylic acid groups (broad SMARTS) is 1. The second-order valence-electron chi connectivity index (χ2n) is 5.26. The zero-order chi connectivity index (χ0) is 13.0. The normalized spacial score (nSPS) is 25.3. The van der Waals surface area contributed by atoms with E-state index in [0.29, 0.717) is 31.8 Å². The number of nitrogens with zero attached hydrogens (tertiary/aromatic N) is 1. The van der Waals surface area contributed by atoms with Gasteiger partial charge in [-0.2, -0.15) is 0 Å². The molecular weight excluding hydrogens is 234 g/mol. The highest BCUT2D eigenvalue weighted by molar-refractivity contribution is 5.78.